The van der Waals surface area contributed by atoms with Crippen LogP contribution in [0.5, 0.6) is 0 Å². The molecule has 0 saturated heterocycles. The van der Waals surface area contributed by atoms with Crippen molar-refractivity contribution in [2.75, 3.05) is 6.61 Å². The van der Waals surface area contributed by atoms with Crippen LogP contribution in [-0.2, 0) is 9.53 Å². The minimum absolute atomic E-state index is 0.235. The van der Waals surface area contributed by atoms with Crippen LogP contribution in [0.25, 0.3) is 11.2 Å². The van der Waals surface area contributed by atoms with Gasteiger partial charge in [0.2, 0.25) is 0 Å². The lowest BCUT2D eigenvalue weighted by Gasteiger charge is -2.10. The molecule has 0 aromatic carbocycles. The van der Waals surface area contributed by atoms with Crippen molar-refractivity contribution < 1.29 is 13.9 Å². The van der Waals surface area contributed by atoms with Crippen molar-refractivity contribution in [1.82, 2.24) is 9.97 Å². The van der Waals surface area contributed by atoms with Gasteiger partial charge in [0.1, 0.15) is 5.25 Å². The highest BCUT2D eigenvalue weighted by molar-refractivity contribution is 8.00. The summed E-state index contributed by atoms with van der Waals surface area (Å²) in [5.74, 6) is -0.235. The maximum absolute atomic E-state index is 11.7. The Morgan fingerprint density at radius 2 is 2.21 bits per heavy atom. The zero-order valence-corrected chi connectivity index (χ0v) is 12.0. The number of pyridine rings is 1. The molecule has 19 heavy (non-hydrogen) atoms. The Bertz CT molecular complexity index is 582. The summed E-state index contributed by atoms with van der Waals surface area (Å²) in [6, 6.07) is 3.70. The minimum Gasteiger partial charge on any atom is -0.465 e. The van der Waals surface area contributed by atoms with Gasteiger partial charge in [-0.05, 0) is 32.4 Å². The Labute approximate surface area is 115 Å². The monoisotopic (exact) mass is 280 g/mol. The van der Waals surface area contributed by atoms with Crippen molar-refractivity contribution in [3.8, 4) is 0 Å². The summed E-state index contributed by atoms with van der Waals surface area (Å²) in [5.41, 5.74) is 2.09. The van der Waals surface area contributed by atoms with E-state index in [4.69, 9.17) is 9.15 Å². The van der Waals surface area contributed by atoms with Gasteiger partial charge in [0, 0.05) is 5.69 Å². The van der Waals surface area contributed by atoms with E-state index in [1.165, 1.54) is 11.8 Å². The summed E-state index contributed by atoms with van der Waals surface area (Å²) in [5, 5.41) is 0.155. The molecular formula is C13H16N2O3S. The van der Waals surface area contributed by atoms with Crippen molar-refractivity contribution in [3.63, 3.8) is 0 Å². The molecule has 0 aliphatic carbocycles. The van der Waals surface area contributed by atoms with Gasteiger partial charge in [0.15, 0.2) is 11.2 Å². The van der Waals surface area contributed by atoms with E-state index in [9.17, 15) is 4.79 Å². The summed E-state index contributed by atoms with van der Waals surface area (Å²) in [4.78, 5) is 20.3. The zero-order chi connectivity index (χ0) is 13.8. The van der Waals surface area contributed by atoms with Crippen LogP contribution < -0.4 is 0 Å². The summed E-state index contributed by atoms with van der Waals surface area (Å²) in [6.07, 6.45) is 0.661. The highest BCUT2D eigenvalue weighted by atomic mass is 32.2. The normalized spacial score (nSPS) is 12.6. The second-order valence-corrected chi connectivity index (χ2v) is 5.17. The van der Waals surface area contributed by atoms with E-state index >= 15 is 0 Å². The SMILES string of the molecule is CCOC(=O)[C@H](CC)Sc1nc2nc(C)ccc2o1. The number of hydrogen-bond donors (Lipinski definition) is 0. The van der Waals surface area contributed by atoms with Gasteiger partial charge < -0.3 is 9.15 Å². The van der Waals surface area contributed by atoms with Crippen molar-refractivity contribution in [3.05, 3.63) is 17.8 Å². The molecule has 0 bridgehead atoms. The molecule has 0 saturated carbocycles. The first-order chi connectivity index (χ1) is 9.13. The topological polar surface area (TPSA) is 65.2 Å². The fourth-order valence-corrected chi connectivity index (χ4v) is 2.45. The summed E-state index contributed by atoms with van der Waals surface area (Å²) < 4.78 is 10.6. The van der Waals surface area contributed by atoms with E-state index < -0.39 is 0 Å². The molecule has 0 N–H and O–H groups in total. The fraction of sp³-hybridized carbons (Fsp3) is 0.462. The molecule has 0 radical (unpaired) electrons. The number of thioether (sulfide) groups is 1. The minimum atomic E-state index is -0.297. The Balaban J connectivity index is 2.17. The second kappa shape index (κ2) is 6.06. The Kier molecular flexibility index (Phi) is 4.42. The molecule has 0 unspecified atom stereocenters. The Morgan fingerprint density at radius 1 is 1.42 bits per heavy atom. The molecular weight excluding hydrogens is 264 g/mol. The van der Waals surface area contributed by atoms with Gasteiger partial charge in [-0.15, -0.1) is 0 Å². The van der Waals surface area contributed by atoms with E-state index in [0.717, 1.165) is 5.69 Å². The van der Waals surface area contributed by atoms with Crippen molar-refractivity contribution >= 4 is 29.0 Å². The molecule has 2 rings (SSSR count). The summed E-state index contributed by atoms with van der Waals surface area (Å²) >= 11 is 1.28. The molecule has 2 aromatic heterocycles. The molecule has 0 aliphatic rings. The summed E-state index contributed by atoms with van der Waals surface area (Å²) in [7, 11) is 0. The third-order valence-corrected chi connectivity index (χ3v) is 3.72. The predicted octanol–water partition coefficient (Wildman–Crippen LogP) is 2.97. The number of ether oxygens (including phenoxy) is 1. The standard InChI is InChI=1S/C13H16N2O3S/c1-4-10(12(16)17-5-2)19-13-15-11-9(18-13)7-6-8(3)14-11/h6-7,10H,4-5H2,1-3H3/t10-/m0/s1. The smallest absolute Gasteiger partial charge is 0.319 e. The number of hydrogen-bond acceptors (Lipinski definition) is 6. The molecule has 0 fully saturated rings. The van der Waals surface area contributed by atoms with Crippen LogP contribution in [0.2, 0.25) is 0 Å². The largest absolute Gasteiger partial charge is 0.465 e. The number of aryl methyl sites for hydroxylation is 1. The first kappa shape index (κ1) is 13.9. The maximum atomic E-state index is 11.7. The number of fused-ring (bicyclic) bond motifs is 1. The van der Waals surface area contributed by atoms with Crippen molar-refractivity contribution in [1.29, 1.82) is 0 Å². The van der Waals surface area contributed by atoms with Gasteiger partial charge in [0.25, 0.3) is 5.22 Å². The predicted molar refractivity (Wildman–Crippen MR) is 73.1 cm³/mol. The highest BCUT2D eigenvalue weighted by Crippen LogP contribution is 2.28. The molecule has 2 heterocycles. The molecule has 0 amide bonds. The number of carbonyl (C=O) groups excluding carboxylic acids is 1. The number of esters is 1. The van der Waals surface area contributed by atoms with E-state index in [1.54, 1.807) is 6.92 Å². The average Bonchev–Trinajstić information content (AvgIpc) is 2.77. The van der Waals surface area contributed by atoms with E-state index in [-0.39, 0.29) is 11.2 Å². The summed E-state index contributed by atoms with van der Waals surface area (Å²) in [6.45, 7) is 6.00. The number of nitrogens with zero attached hydrogens (tertiary/aromatic N) is 2. The lowest BCUT2D eigenvalue weighted by Crippen LogP contribution is -2.19. The van der Waals surface area contributed by atoms with E-state index in [0.29, 0.717) is 29.5 Å². The van der Waals surface area contributed by atoms with Gasteiger partial charge in [-0.25, -0.2) is 4.98 Å². The van der Waals surface area contributed by atoms with Gasteiger partial charge in [-0.2, -0.15) is 4.98 Å². The lowest BCUT2D eigenvalue weighted by atomic mass is 10.3. The van der Waals surface area contributed by atoms with Crippen LogP contribution in [0.3, 0.4) is 0 Å². The van der Waals surface area contributed by atoms with Crippen LogP contribution in [0.1, 0.15) is 26.0 Å². The molecule has 102 valence electrons. The molecule has 1 atom stereocenters. The Hall–Kier alpha value is -1.56. The van der Waals surface area contributed by atoms with Crippen LogP contribution in [0, 0.1) is 6.92 Å². The number of aromatic nitrogens is 2. The van der Waals surface area contributed by atoms with Crippen LogP contribution >= 0.6 is 11.8 Å². The van der Waals surface area contributed by atoms with E-state index in [1.807, 2.05) is 26.0 Å². The molecule has 6 heteroatoms. The van der Waals surface area contributed by atoms with Gasteiger partial charge >= 0.3 is 5.97 Å². The van der Waals surface area contributed by atoms with Gasteiger partial charge in [0.05, 0.1) is 6.61 Å². The molecule has 0 spiro atoms. The Morgan fingerprint density at radius 3 is 2.89 bits per heavy atom. The molecule has 0 aliphatic heterocycles. The molecule has 2 aromatic rings. The first-order valence-electron chi connectivity index (χ1n) is 6.21. The second-order valence-electron chi connectivity index (χ2n) is 4.02. The van der Waals surface area contributed by atoms with Crippen LogP contribution in [0.15, 0.2) is 21.8 Å². The zero-order valence-electron chi connectivity index (χ0n) is 11.2. The number of rotatable bonds is 5. The maximum Gasteiger partial charge on any atom is 0.319 e. The molecule has 5 nitrogen and oxygen atoms in total. The number of carbonyl (C=O) groups is 1. The van der Waals surface area contributed by atoms with Gasteiger partial charge in [-0.1, -0.05) is 18.7 Å². The van der Waals surface area contributed by atoms with Crippen molar-refractivity contribution in [2.24, 2.45) is 0 Å². The van der Waals surface area contributed by atoms with Crippen molar-refractivity contribution in [2.45, 2.75) is 37.7 Å². The van der Waals surface area contributed by atoms with Gasteiger partial charge in [-0.3, -0.25) is 4.79 Å². The first-order valence-corrected chi connectivity index (χ1v) is 7.09. The average molecular weight is 280 g/mol. The quantitative estimate of drug-likeness (QED) is 0.619. The van der Waals surface area contributed by atoms with Crippen LogP contribution in [-0.4, -0.2) is 27.8 Å². The lowest BCUT2D eigenvalue weighted by molar-refractivity contribution is -0.142. The van der Waals surface area contributed by atoms with E-state index in [2.05, 4.69) is 9.97 Å². The number of oxazole rings is 1. The third-order valence-electron chi connectivity index (χ3n) is 2.54. The third kappa shape index (κ3) is 3.26. The highest BCUT2D eigenvalue weighted by Gasteiger charge is 2.22. The fourth-order valence-electron chi connectivity index (χ4n) is 1.60. The van der Waals surface area contributed by atoms with Crippen LogP contribution in [0.4, 0.5) is 0 Å².